The fourth-order valence-electron chi connectivity index (χ4n) is 1.48. The first kappa shape index (κ1) is 12.2. The van der Waals surface area contributed by atoms with Gasteiger partial charge in [0.2, 0.25) is 0 Å². The van der Waals surface area contributed by atoms with E-state index in [1.54, 1.807) is 18.3 Å². The highest BCUT2D eigenvalue weighted by molar-refractivity contribution is 9.10. The lowest BCUT2D eigenvalue weighted by atomic mass is 10.2. The van der Waals surface area contributed by atoms with Crippen molar-refractivity contribution in [1.29, 1.82) is 0 Å². The second-order valence-electron chi connectivity index (χ2n) is 3.64. The van der Waals surface area contributed by atoms with Crippen LogP contribution in [0.4, 0.5) is 4.39 Å². The Hall–Kier alpha value is -1.27. The number of aromatic nitrogens is 3. The molecule has 2 N–H and O–H groups in total. The molecule has 0 atom stereocenters. The first-order chi connectivity index (χ1) is 8.20. The Labute approximate surface area is 107 Å². The Morgan fingerprint density at radius 1 is 1.41 bits per heavy atom. The van der Waals surface area contributed by atoms with Crippen LogP contribution in [0.25, 0.3) is 5.69 Å². The van der Waals surface area contributed by atoms with E-state index in [0.717, 1.165) is 18.5 Å². The van der Waals surface area contributed by atoms with Crippen LogP contribution < -0.4 is 5.73 Å². The predicted molar refractivity (Wildman–Crippen MR) is 66.4 cm³/mol. The van der Waals surface area contributed by atoms with E-state index in [2.05, 4.69) is 26.2 Å². The summed E-state index contributed by atoms with van der Waals surface area (Å²) in [4.78, 5) is 0. The summed E-state index contributed by atoms with van der Waals surface area (Å²) in [6.45, 7) is 0.611. The number of nitrogens with two attached hydrogens (primary N) is 1. The normalized spacial score (nSPS) is 10.8. The number of hydrogen-bond donors (Lipinski definition) is 1. The summed E-state index contributed by atoms with van der Waals surface area (Å²) >= 11 is 3.21. The molecule has 0 unspecified atom stereocenters. The Morgan fingerprint density at radius 2 is 2.24 bits per heavy atom. The van der Waals surface area contributed by atoms with Crippen molar-refractivity contribution >= 4 is 15.9 Å². The highest BCUT2D eigenvalue weighted by Crippen LogP contribution is 2.18. The van der Waals surface area contributed by atoms with Crippen LogP contribution >= 0.6 is 15.9 Å². The standard InChI is InChI=1S/C11H12BrFN4/c12-8-3-4-11(10(13)6-8)17-7-9(15-16-17)2-1-5-14/h3-4,6-7H,1-2,5,14H2. The summed E-state index contributed by atoms with van der Waals surface area (Å²) in [5.74, 6) is -0.338. The highest BCUT2D eigenvalue weighted by atomic mass is 79.9. The van der Waals surface area contributed by atoms with Crippen molar-refractivity contribution in [2.24, 2.45) is 5.73 Å². The molecule has 4 nitrogen and oxygen atoms in total. The van der Waals surface area contributed by atoms with Gasteiger partial charge in [-0.2, -0.15) is 0 Å². The molecular weight excluding hydrogens is 287 g/mol. The molecule has 0 aliphatic heterocycles. The molecule has 17 heavy (non-hydrogen) atoms. The zero-order chi connectivity index (χ0) is 12.3. The molecule has 0 fully saturated rings. The molecule has 0 spiro atoms. The van der Waals surface area contributed by atoms with Crippen molar-refractivity contribution in [2.45, 2.75) is 12.8 Å². The smallest absolute Gasteiger partial charge is 0.150 e. The largest absolute Gasteiger partial charge is 0.330 e. The van der Waals surface area contributed by atoms with Crippen molar-refractivity contribution in [2.75, 3.05) is 6.54 Å². The molecule has 90 valence electrons. The predicted octanol–water partition coefficient (Wildman–Crippen LogP) is 2.06. The molecule has 2 aromatic rings. The summed E-state index contributed by atoms with van der Waals surface area (Å²) in [7, 11) is 0. The first-order valence-corrected chi connectivity index (χ1v) is 6.06. The Balaban J connectivity index is 2.24. The fraction of sp³-hybridized carbons (Fsp3) is 0.273. The molecule has 0 aliphatic rings. The molecule has 0 saturated heterocycles. The van der Waals surface area contributed by atoms with Gasteiger partial charge in [0.25, 0.3) is 0 Å². The topological polar surface area (TPSA) is 56.7 Å². The van der Waals surface area contributed by atoms with Gasteiger partial charge in [-0.1, -0.05) is 21.1 Å². The number of rotatable bonds is 4. The van der Waals surface area contributed by atoms with Gasteiger partial charge in [-0.15, -0.1) is 5.10 Å². The minimum Gasteiger partial charge on any atom is -0.330 e. The van der Waals surface area contributed by atoms with Crippen LogP contribution in [0.5, 0.6) is 0 Å². The molecule has 6 heteroatoms. The quantitative estimate of drug-likeness (QED) is 0.940. The second-order valence-corrected chi connectivity index (χ2v) is 4.56. The number of benzene rings is 1. The zero-order valence-electron chi connectivity index (χ0n) is 9.11. The maximum absolute atomic E-state index is 13.7. The summed E-state index contributed by atoms with van der Waals surface area (Å²) in [6.07, 6.45) is 3.33. The van der Waals surface area contributed by atoms with Gasteiger partial charge in [0, 0.05) is 4.47 Å². The molecule has 0 amide bonds. The lowest BCUT2D eigenvalue weighted by Gasteiger charge is -2.01. The van der Waals surface area contributed by atoms with Gasteiger partial charge < -0.3 is 5.73 Å². The van der Waals surface area contributed by atoms with Crippen molar-refractivity contribution < 1.29 is 4.39 Å². The average Bonchev–Trinajstić information content (AvgIpc) is 2.75. The lowest BCUT2D eigenvalue weighted by molar-refractivity contribution is 0.606. The monoisotopic (exact) mass is 298 g/mol. The van der Waals surface area contributed by atoms with Gasteiger partial charge in [-0.25, -0.2) is 9.07 Å². The Kier molecular flexibility index (Phi) is 3.86. The molecule has 0 radical (unpaired) electrons. The van der Waals surface area contributed by atoms with E-state index in [9.17, 15) is 4.39 Å². The summed E-state index contributed by atoms with van der Waals surface area (Å²) < 4.78 is 15.8. The third kappa shape index (κ3) is 2.89. The maximum Gasteiger partial charge on any atom is 0.150 e. The Bertz CT molecular complexity index is 512. The summed E-state index contributed by atoms with van der Waals surface area (Å²) in [5.41, 5.74) is 6.62. The van der Waals surface area contributed by atoms with Crippen LogP contribution in [0.3, 0.4) is 0 Å². The van der Waals surface area contributed by atoms with Gasteiger partial charge in [0.05, 0.1) is 11.9 Å². The van der Waals surface area contributed by atoms with E-state index in [1.165, 1.54) is 10.7 Å². The van der Waals surface area contributed by atoms with Gasteiger partial charge in [-0.05, 0) is 37.6 Å². The maximum atomic E-state index is 13.7. The average molecular weight is 299 g/mol. The Morgan fingerprint density at radius 3 is 2.94 bits per heavy atom. The van der Waals surface area contributed by atoms with Crippen LogP contribution in [0.15, 0.2) is 28.9 Å². The SMILES string of the molecule is NCCCc1cn(-c2ccc(Br)cc2F)nn1. The van der Waals surface area contributed by atoms with E-state index >= 15 is 0 Å². The van der Waals surface area contributed by atoms with E-state index in [4.69, 9.17) is 5.73 Å². The number of aryl methyl sites for hydroxylation is 1. The molecule has 0 saturated carbocycles. The minimum atomic E-state index is -0.338. The minimum absolute atomic E-state index is 0.338. The molecule has 0 aliphatic carbocycles. The van der Waals surface area contributed by atoms with Crippen molar-refractivity contribution in [3.8, 4) is 5.69 Å². The molecule has 0 bridgehead atoms. The fourth-order valence-corrected chi connectivity index (χ4v) is 1.81. The number of nitrogens with zero attached hydrogens (tertiary/aromatic N) is 3. The van der Waals surface area contributed by atoms with Crippen LogP contribution in [-0.2, 0) is 6.42 Å². The van der Waals surface area contributed by atoms with E-state index in [1.807, 2.05) is 0 Å². The van der Waals surface area contributed by atoms with E-state index in [0.29, 0.717) is 16.7 Å². The lowest BCUT2D eigenvalue weighted by Crippen LogP contribution is -2.00. The van der Waals surface area contributed by atoms with Crippen LogP contribution in [0, 0.1) is 5.82 Å². The van der Waals surface area contributed by atoms with Crippen LogP contribution in [0.2, 0.25) is 0 Å². The first-order valence-electron chi connectivity index (χ1n) is 5.27. The van der Waals surface area contributed by atoms with Crippen molar-refractivity contribution in [1.82, 2.24) is 15.0 Å². The summed E-state index contributed by atoms with van der Waals surface area (Å²) in [5, 5.41) is 7.87. The van der Waals surface area contributed by atoms with Crippen molar-refractivity contribution in [3.63, 3.8) is 0 Å². The second kappa shape index (κ2) is 5.37. The van der Waals surface area contributed by atoms with Crippen LogP contribution in [0.1, 0.15) is 12.1 Å². The summed E-state index contributed by atoms with van der Waals surface area (Å²) in [6, 6.07) is 4.82. The van der Waals surface area contributed by atoms with Crippen LogP contribution in [-0.4, -0.2) is 21.5 Å². The number of halogens is 2. The van der Waals surface area contributed by atoms with Gasteiger partial charge >= 0.3 is 0 Å². The number of hydrogen-bond acceptors (Lipinski definition) is 3. The molecule has 1 heterocycles. The molecule has 2 rings (SSSR count). The third-order valence-corrected chi connectivity index (χ3v) is 2.83. The molecule has 1 aromatic heterocycles. The van der Waals surface area contributed by atoms with Gasteiger partial charge in [0.15, 0.2) is 0 Å². The van der Waals surface area contributed by atoms with Gasteiger partial charge in [0.1, 0.15) is 11.5 Å². The zero-order valence-corrected chi connectivity index (χ0v) is 10.7. The molecule has 1 aromatic carbocycles. The van der Waals surface area contributed by atoms with E-state index < -0.39 is 0 Å². The molecular formula is C11H12BrFN4. The van der Waals surface area contributed by atoms with E-state index in [-0.39, 0.29) is 5.82 Å². The highest BCUT2D eigenvalue weighted by Gasteiger charge is 2.07. The third-order valence-electron chi connectivity index (χ3n) is 2.33. The van der Waals surface area contributed by atoms with Crippen molar-refractivity contribution in [3.05, 3.63) is 40.4 Å². The van der Waals surface area contributed by atoms with Gasteiger partial charge in [-0.3, -0.25) is 0 Å².